The first-order chi connectivity index (χ1) is 8.36. The Hall–Kier alpha value is -1.22. The number of piperidine rings is 1. The zero-order valence-corrected chi connectivity index (χ0v) is 10.6. The van der Waals surface area contributed by atoms with Gasteiger partial charge >= 0.3 is 0 Å². The van der Waals surface area contributed by atoms with Gasteiger partial charge in [-0.1, -0.05) is 12.1 Å². The number of nitrogens with zero attached hydrogens (tertiary/aromatic N) is 1. The van der Waals surface area contributed by atoms with Gasteiger partial charge in [0.25, 0.3) is 0 Å². The third-order valence-corrected chi connectivity index (χ3v) is 3.52. The highest BCUT2D eigenvalue weighted by molar-refractivity contribution is 5.59. The van der Waals surface area contributed by atoms with Crippen LogP contribution < -0.4 is 15.4 Å². The van der Waals surface area contributed by atoms with E-state index in [2.05, 4.69) is 17.0 Å². The summed E-state index contributed by atoms with van der Waals surface area (Å²) in [4.78, 5) is 2.47. The second-order valence-electron chi connectivity index (χ2n) is 4.59. The molecule has 3 heteroatoms. The number of nitrogens with two attached hydrogens (primary N) is 1. The predicted molar refractivity (Wildman–Crippen MR) is 71.7 cm³/mol. The van der Waals surface area contributed by atoms with E-state index in [1.165, 1.54) is 24.9 Å². The first-order valence-corrected chi connectivity index (χ1v) is 6.46. The molecule has 0 amide bonds. The topological polar surface area (TPSA) is 38.5 Å². The van der Waals surface area contributed by atoms with Crippen molar-refractivity contribution in [3.63, 3.8) is 0 Å². The Morgan fingerprint density at radius 3 is 2.94 bits per heavy atom. The molecule has 1 aliphatic heterocycles. The highest BCUT2D eigenvalue weighted by atomic mass is 16.5. The summed E-state index contributed by atoms with van der Waals surface area (Å²) >= 11 is 0. The molecule has 17 heavy (non-hydrogen) atoms. The molecule has 1 fully saturated rings. The van der Waals surface area contributed by atoms with Crippen LogP contribution in [0.3, 0.4) is 0 Å². The predicted octanol–water partition coefficient (Wildman–Crippen LogP) is 2.40. The number of benzene rings is 1. The van der Waals surface area contributed by atoms with Gasteiger partial charge in [0.05, 0.1) is 12.8 Å². The minimum absolute atomic E-state index is 0.574. The van der Waals surface area contributed by atoms with E-state index in [4.69, 9.17) is 10.5 Å². The molecular formula is C14H22N2O. The first-order valence-electron chi connectivity index (χ1n) is 6.46. The van der Waals surface area contributed by atoms with Gasteiger partial charge in [-0.25, -0.2) is 0 Å². The minimum atomic E-state index is 0.574. The summed E-state index contributed by atoms with van der Waals surface area (Å²) in [6.07, 6.45) is 4.89. The number of hydrogen-bond donors (Lipinski definition) is 1. The van der Waals surface area contributed by atoms with Gasteiger partial charge in [0, 0.05) is 12.6 Å². The fourth-order valence-electron chi connectivity index (χ4n) is 2.68. The fourth-order valence-corrected chi connectivity index (χ4v) is 2.68. The Labute approximate surface area is 104 Å². The molecule has 1 aliphatic rings. The van der Waals surface area contributed by atoms with Crippen LogP contribution in [-0.2, 0) is 0 Å². The van der Waals surface area contributed by atoms with Crippen LogP contribution in [0.5, 0.6) is 5.75 Å². The summed E-state index contributed by atoms with van der Waals surface area (Å²) in [5, 5.41) is 0. The quantitative estimate of drug-likeness (QED) is 0.869. The van der Waals surface area contributed by atoms with E-state index in [0.717, 1.165) is 25.3 Å². The number of para-hydroxylation sites is 2. The lowest BCUT2D eigenvalue weighted by Crippen LogP contribution is -2.40. The van der Waals surface area contributed by atoms with Gasteiger partial charge in [-0.05, 0) is 44.4 Å². The maximum atomic E-state index is 5.71. The monoisotopic (exact) mass is 234 g/mol. The molecule has 3 nitrogen and oxygen atoms in total. The van der Waals surface area contributed by atoms with Gasteiger partial charge in [-0.3, -0.25) is 0 Å². The van der Waals surface area contributed by atoms with Gasteiger partial charge in [0.1, 0.15) is 5.75 Å². The summed E-state index contributed by atoms with van der Waals surface area (Å²) in [6, 6.07) is 8.85. The molecule has 2 N–H and O–H groups in total. The van der Waals surface area contributed by atoms with Crippen molar-refractivity contribution in [2.45, 2.75) is 31.7 Å². The molecule has 1 heterocycles. The maximum Gasteiger partial charge on any atom is 0.142 e. The molecule has 2 rings (SSSR count). The molecule has 0 aliphatic carbocycles. The van der Waals surface area contributed by atoms with E-state index >= 15 is 0 Å². The average Bonchev–Trinajstić information content (AvgIpc) is 2.40. The lowest BCUT2D eigenvalue weighted by atomic mass is 9.98. The van der Waals surface area contributed by atoms with Crippen LogP contribution in [0.15, 0.2) is 24.3 Å². The molecule has 1 aromatic rings. The van der Waals surface area contributed by atoms with Crippen molar-refractivity contribution in [3.8, 4) is 5.75 Å². The molecule has 0 bridgehead atoms. The van der Waals surface area contributed by atoms with Gasteiger partial charge in [-0.2, -0.15) is 0 Å². The van der Waals surface area contributed by atoms with Crippen LogP contribution in [0.1, 0.15) is 25.7 Å². The van der Waals surface area contributed by atoms with E-state index in [1.807, 2.05) is 12.1 Å². The maximum absolute atomic E-state index is 5.71. The standard InChI is InChI=1S/C14H22N2O/c1-17-14-8-3-2-7-13(14)16-11-5-4-6-12(16)9-10-15/h2-3,7-8,12H,4-6,9-11,15H2,1H3. The summed E-state index contributed by atoms with van der Waals surface area (Å²) in [5.74, 6) is 0.969. The molecule has 0 spiro atoms. The molecule has 1 saturated heterocycles. The van der Waals surface area contributed by atoms with E-state index < -0.39 is 0 Å². The molecule has 0 saturated carbocycles. The smallest absolute Gasteiger partial charge is 0.142 e. The van der Waals surface area contributed by atoms with E-state index in [0.29, 0.717) is 6.04 Å². The number of ether oxygens (including phenoxy) is 1. The Morgan fingerprint density at radius 2 is 2.18 bits per heavy atom. The molecular weight excluding hydrogens is 212 g/mol. The first kappa shape index (κ1) is 12.2. The minimum Gasteiger partial charge on any atom is -0.495 e. The van der Waals surface area contributed by atoms with Crippen LogP contribution in [0.2, 0.25) is 0 Å². The molecule has 1 atom stereocenters. The van der Waals surface area contributed by atoms with E-state index in [1.54, 1.807) is 7.11 Å². The molecule has 94 valence electrons. The lowest BCUT2D eigenvalue weighted by molar-refractivity contribution is 0.400. The zero-order valence-electron chi connectivity index (χ0n) is 10.6. The van der Waals surface area contributed by atoms with Gasteiger partial charge in [0.15, 0.2) is 0 Å². The largest absolute Gasteiger partial charge is 0.495 e. The molecule has 1 aromatic carbocycles. The van der Waals surface area contributed by atoms with Crippen molar-refractivity contribution < 1.29 is 4.74 Å². The lowest BCUT2D eigenvalue weighted by Gasteiger charge is -2.38. The number of rotatable bonds is 4. The second-order valence-corrected chi connectivity index (χ2v) is 4.59. The Kier molecular flexibility index (Phi) is 4.26. The average molecular weight is 234 g/mol. The Morgan fingerprint density at radius 1 is 1.35 bits per heavy atom. The second kappa shape index (κ2) is 5.92. The van der Waals surface area contributed by atoms with Crippen LogP contribution in [0.4, 0.5) is 5.69 Å². The van der Waals surface area contributed by atoms with Crippen molar-refractivity contribution >= 4 is 5.69 Å². The van der Waals surface area contributed by atoms with Gasteiger partial charge < -0.3 is 15.4 Å². The molecule has 1 unspecified atom stereocenters. The SMILES string of the molecule is COc1ccccc1N1CCCCC1CCN. The van der Waals surface area contributed by atoms with Crippen LogP contribution in [-0.4, -0.2) is 26.2 Å². The van der Waals surface area contributed by atoms with Crippen molar-refractivity contribution in [1.82, 2.24) is 0 Å². The van der Waals surface area contributed by atoms with Crippen molar-refractivity contribution in [3.05, 3.63) is 24.3 Å². The Bertz CT molecular complexity index is 352. The van der Waals surface area contributed by atoms with Crippen molar-refractivity contribution in [2.75, 3.05) is 25.1 Å². The van der Waals surface area contributed by atoms with E-state index in [-0.39, 0.29) is 0 Å². The van der Waals surface area contributed by atoms with Crippen LogP contribution in [0.25, 0.3) is 0 Å². The van der Waals surface area contributed by atoms with Crippen molar-refractivity contribution in [1.29, 1.82) is 0 Å². The third-order valence-electron chi connectivity index (χ3n) is 3.52. The number of methoxy groups -OCH3 is 1. The number of anilines is 1. The fraction of sp³-hybridized carbons (Fsp3) is 0.571. The Balaban J connectivity index is 2.22. The normalized spacial score (nSPS) is 20.4. The number of hydrogen-bond acceptors (Lipinski definition) is 3. The van der Waals surface area contributed by atoms with Gasteiger partial charge in [0.2, 0.25) is 0 Å². The summed E-state index contributed by atoms with van der Waals surface area (Å²) < 4.78 is 5.45. The van der Waals surface area contributed by atoms with Crippen molar-refractivity contribution in [2.24, 2.45) is 5.73 Å². The van der Waals surface area contributed by atoms with E-state index in [9.17, 15) is 0 Å². The highest BCUT2D eigenvalue weighted by Crippen LogP contribution is 2.33. The zero-order chi connectivity index (χ0) is 12.1. The highest BCUT2D eigenvalue weighted by Gasteiger charge is 2.23. The summed E-state index contributed by atoms with van der Waals surface area (Å²) in [5.41, 5.74) is 6.93. The van der Waals surface area contributed by atoms with Gasteiger partial charge in [-0.15, -0.1) is 0 Å². The third kappa shape index (κ3) is 2.72. The summed E-state index contributed by atoms with van der Waals surface area (Å²) in [7, 11) is 1.74. The molecule has 0 aromatic heterocycles. The molecule has 0 radical (unpaired) electrons. The van der Waals surface area contributed by atoms with Crippen LogP contribution in [0, 0.1) is 0 Å². The summed E-state index contributed by atoms with van der Waals surface area (Å²) in [6.45, 7) is 1.88. The van der Waals surface area contributed by atoms with Crippen LogP contribution >= 0.6 is 0 Å².